The van der Waals surface area contributed by atoms with E-state index in [1.54, 1.807) is 17.8 Å². The van der Waals surface area contributed by atoms with Crippen molar-refractivity contribution in [3.63, 3.8) is 0 Å². The van der Waals surface area contributed by atoms with Gasteiger partial charge in [-0.25, -0.2) is 0 Å². The molecule has 4 rings (SSSR count). The molecule has 1 fully saturated rings. The number of ether oxygens (including phenoxy) is 1. The van der Waals surface area contributed by atoms with E-state index < -0.39 is 6.36 Å². The Morgan fingerprint density at radius 3 is 2.46 bits per heavy atom. The summed E-state index contributed by atoms with van der Waals surface area (Å²) in [6, 6.07) is 12.6. The number of hydrogen-bond acceptors (Lipinski definition) is 5. The van der Waals surface area contributed by atoms with Crippen LogP contribution in [0, 0.1) is 0 Å². The van der Waals surface area contributed by atoms with Gasteiger partial charge in [0.15, 0.2) is 0 Å². The lowest BCUT2D eigenvalue weighted by atomic mass is 10.2. The Kier molecular flexibility index (Phi) is 5.99. The number of thioether (sulfide) groups is 1. The predicted molar refractivity (Wildman–Crippen MR) is 109 cm³/mol. The van der Waals surface area contributed by atoms with E-state index in [-0.39, 0.29) is 5.75 Å². The number of benzene rings is 2. The Morgan fingerprint density at radius 1 is 0.929 bits per heavy atom. The van der Waals surface area contributed by atoms with Crippen LogP contribution < -0.4 is 9.64 Å². The van der Waals surface area contributed by atoms with Gasteiger partial charge in [0.1, 0.15) is 5.75 Å². The summed E-state index contributed by atoms with van der Waals surface area (Å²) in [6.45, 7) is 3.97. The average Bonchev–Trinajstić information content (AvgIpc) is 2.67. The van der Waals surface area contributed by atoms with Gasteiger partial charge < -0.3 is 14.5 Å². The Bertz CT molecular complexity index is 825. The normalized spacial score (nSPS) is 17.2. The van der Waals surface area contributed by atoms with E-state index >= 15 is 0 Å². The molecule has 0 spiro atoms. The highest BCUT2D eigenvalue weighted by atomic mass is 32.2. The molecule has 150 valence electrons. The van der Waals surface area contributed by atoms with E-state index in [2.05, 4.69) is 20.6 Å². The first-order valence-electron chi connectivity index (χ1n) is 9.24. The van der Waals surface area contributed by atoms with Crippen LogP contribution in [-0.2, 0) is 0 Å². The van der Waals surface area contributed by atoms with Crippen LogP contribution in [-0.4, -0.2) is 48.9 Å². The third-order valence-corrected chi connectivity index (χ3v) is 6.86. The van der Waals surface area contributed by atoms with Crippen molar-refractivity contribution in [3.8, 4) is 5.75 Å². The Labute approximate surface area is 171 Å². The van der Waals surface area contributed by atoms with Crippen molar-refractivity contribution in [2.45, 2.75) is 22.6 Å². The molecule has 0 bridgehead atoms. The van der Waals surface area contributed by atoms with E-state index in [4.69, 9.17) is 0 Å². The maximum absolute atomic E-state index is 12.7. The summed E-state index contributed by atoms with van der Waals surface area (Å²) in [4.78, 5) is 6.66. The summed E-state index contributed by atoms with van der Waals surface area (Å²) < 4.78 is 42.2. The highest BCUT2D eigenvalue weighted by Gasteiger charge is 2.32. The minimum atomic E-state index is -4.69. The molecule has 8 heteroatoms. The van der Waals surface area contributed by atoms with Gasteiger partial charge in [0, 0.05) is 47.0 Å². The van der Waals surface area contributed by atoms with Gasteiger partial charge in [0.25, 0.3) is 0 Å². The maximum Gasteiger partial charge on any atom is 0.573 e. The topological polar surface area (TPSA) is 15.7 Å². The van der Waals surface area contributed by atoms with Gasteiger partial charge in [-0.3, -0.25) is 0 Å². The lowest BCUT2D eigenvalue weighted by molar-refractivity contribution is -0.274. The monoisotopic (exact) mass is 426 g/mol. The molecule has 0 unspecified atom stereocenters. The molecule has 2 aliphatic heterocycles. The minimum Gasteiger partial charge on any atom is -0.406 e. The van der Waals surface area contributed by atoms with Crippen LogP contribution >= 0.6 is 23.5 Å². The molecule has 0 N–H and O–H groups in total. The van der Waals surface area contributed by atoms with Crippen LogP contribution in [0.3, 0.4) is 0 Å². The quantitative estimate of drug-likeness (QED) is 0.614. The summed E-state index contributed by atoms with van der Waals surface area (Å²) in [5, 5.41) is 0. The van der Waals surface area contributed by atoms with Gasteiger partial charge in [0.05, 0.1) is 11.4 Å². The van der Waals surface area contributed by atoms with Crippen molar-refractivity contribution in [2.75, 3.05) is 42.6 Å². The van der Waals surface area contributed by atoms with E-state index in [9.17, 15) is 13.2 Å². The van der Waals surface area contributed by atoms with Crippen LogP contribution in [0.25, 0.3) is 0 Å². The molecule has 2 aromatic rings. The zero-order valence-corrected chi connectivity index (χ0v) is 16.9. The molecule has 2 aromatic carbocycles. The lowest BCUT2D eigenvalue weighted by Crippen LogP contribution is -2.35. The summed E-state index contributed by atoms with van der Waals surface area (Å²) >= 11 is 3.57. The molecule has 0 atom stereocenters. The number of halogens is 3. The van der Waals surface area contributed by atoms with Crippen molar-refractivity contribution < 1.29 is 17.9 Å². The number of alkyl halides is 3. The molecule has 28 heavy (non-hydrogen) atoms. The largest absolute Gasteiger partial charge is 0.573 e. The molecule has 0 saturated carbocycles. The Morgan fingerprint density at radius 2 is 1.68 bits per heavy atom. The lowest BCUT2D eigenvalue weighted by Gasteiger charge is -2.34. The van der Waals surface area contributed by atoms with Crippen molar-refractivity contribution in [1.29, 1.82) is 0 Å². The van der Waals surface area contributed by atoms with Gasteiger partial charge in [-0.05, 0) is 37.2 Å². The Balaban J connectivity index is 1.56. The minimum absolute atomic E-state index is 0.177. The van der Waals surface area contributed by atoms with Crippen LogP contribution in [0.15, 0.2) is 52.3 Å². The standard InChI is InChI=1S/C20H21F3N2OS2/c21-20(22,23)26-15-6-7-19-17(14-15)25(16-4-1-2-5-18(16)28-19)9-3-8-24-10-12-27-13-11-24/h1-2,4-7,14H,3,8-13H2. The van der Waals surface area contributed by atoms with Crippen molar-refractivity contribution >= 4 is 34.9 Å². The van der Waals surface area contributed by atoms with Crippen LogP contribution in [0.5, 0.6) is 5.75 Å². The zero-order valence-electron chi connectivity index (χ0n) is 15.2. The molecule has 0 amide bonds. The maximum atomic E-state index is 12.7. The molecule has 2 heterocycles. The molecule has 3 nitrogen and oxygen atoms in total. The number of nitrogens with zero attached hydrogens (tertiary/aromatic N) is 2. The second-order valence-electron chi connectivity index (χ2n) is 6.71. The number of fused-ring (bicyclic) bond motifs is 2. The second kappa shape index (κ2) is 8.47. The molecule has 0 aromatic heterocycles. The van der Waals surface area contributed by atoms with Gasteiger partial charge in [0.2, 0.25) is 0 Å². The van der Waals surface area contributed by atoms with Gasteiger partial charge in [-0.2, -0.15) is 11.8 Å². The Hall–Kier alpha value is -1.51. The van der Waals surface area contributed by atoms with Gasteiger partial charge in [-0.15, -0.1) is 13.2 Å². The first-order valence-corrected chi connectivity index (χ1v) is 11.2. The fraction of sp³-hybridized carbons (Fsp3) is 0.400. The predicted octanol–water partition coefficient (Wildman–Crippen LogP) is 5.63. The summed E-state index contributed by atoms with van der Waals surface area (Å²) in [7, 11) is 0. The zero-order chi connectivity index (χ0) is 19.6. The number of para-hydroxylation sites is 1. The molecule has 0 aliphatic carbocycles. The van der Waals surface area contributed by atoms with Gasteiger partial charge >= 0.3 is 6.36 Å². The molecule has 2 aliphatic rings. The van der Waals surface area contributed by atoms with E-state index in [1.807, 2.05) is 30.0 Å². The first-order chi connectivity index (χ1) is 13.5. The first kappa shape index (κ1) is 19.8. The van der Waals surface area contributed by atoms with Crippen LogP contribution in [0.1, 0.15) is 6.42 Å². The third kappa shape index (κ3) is 4.72. The average molecular weight is 427 g/mol. The van der Waals surface area contributed by atoms with E-state index in [1.165, 1.54) is 23.6 Å². The third-order valence-electron chi connectivity index (χ3n) is 4.79. The summed E-state index contributed by atoms with van der Waals surface area (Å²) in [5.74, 6) is 2.17. The highest BCUT2D eigenvalue weighted by molar-refractivity contribution is 7.99. The van der Waals surface area contributed by atoms with E-state index in [0.29, 0.717) is 0 Å². The van der Waals surface area contributed by atoms with Crippen LogP contribution in [0.2, 0.25) is 0 Å². The molecular weight excluding hydrogens is 405 g/mol. The fourth-order valence-electron chi connectivity index (χ4n) is 3.52. The molecule has 1 saturated heterocycles. The number of rotatable bonds is 5. The highest BCUT2D eigenvalue weighted by Crippen LogP contribution is 2.49. The smallest absolute Gasteiger partial charge is 0.406 e. The molecule has 0 radical (unpaired) electrons. The van der Waals surface area contributed by atoms with E-state index in [0.717, 1.165) is 53.8 Å². The fourth-order valence-corrected chi connectivity index (χ4v) is 5.58. The van der Waals surface area contributed by atoms with Crippen molar-refractivity contribution in [1.82, 2.24) is 4.90 Å². The van der Waals surface area contributed by atoms with Gasteiger partial charge in [-0.1, -0.05) is 23.9 Å². The number of hydrogen-bond donors (Lipinski definition) is 0. The van der Waals surface area contributed by atoms with Crippen LogP contribution in [0.4, 0.5) is 24.5 Å². The number of anilines is 2. The van der Waals surface area contributed by atoms with Crippen molar-refractivity contribution in [3.05, 3.63) is 42.5 Å². The second-order valence-corrected chi connectivity index (χ2v) is 9.01. The SMILES string of the molecule is FC(F)(F)Oc1ccc2c(c1)N(CCCN1CCSCC1)c1ccccc1S2. The summed E-state index contributed by atoms with van der Waals surface area (Å²) in [5.41, 5.74) is 1.82. The summed E-state index contributed by atoms with van der Waals surface area (Å²) in [6.07, 6.45) is -3.74. The van der Waals surface area contributed by atoms with Crippen molar-refractivity contribution in [2.24, 2.45) is 0 Å². The molecular formula is C20H21F3N2OS2.